The van der Waals surface area contributed by atoms with Crippen LogP contribution in [0.2, 0.25) is 0 Å². The van der Waals surface area contributed by atoms with Gasteiger partial charge in [0.05, 0.1) is 85.4 Å². The van der Waals surface area contributed by atoms with Gasteiger partial charge in [0.1, 0.15) is 11.6 Å². The number of fused-ring (bicyclic) bond motifs is 2. The van der Waals surface area contributed by atoms with Crippen molar-refractivity contribution in [2.45, 2.75) is 64.8 Å². The van der Waals surface area contributed by atoms with Gasteiger partial charge >= 0.3 is 0 Å². The minimum atomic E-state index is 0.336. The van der Waals surface area contributed by atoms with Crippen molar-refractivity contribution in [1.82, 2.24) is 70.1 Å². The third kappa shape index (κ3) is 11.1. The molecule has 0 spiro atoms. The van der Waals surface area contributed by atoms with Crippen LogP contribution in [0.3, 0.4) is 0 Å². The number of nitrogens with zero attached hydrogens (tertiary/aromatic N) is 13. The molecule has 0 aliphatic carbocycles. The van der Waals surface area contributed by atoms with Gasteiger partial charge in [-0.25, -0.2) is 9.97 Å². The molecule has 10 rings (SSSR count). The van der Waals surface area contributed by atoms with Crippen molar-refractivity contribution in [3.05, 3.63) is 109 Å². The first kappa shape index (κ1) is 43.4. The number of rotatable bonds is 16. The molecule has 8 aromatic rings. The van der Waals surface area contributed by atoms with Crippen molar-refractivity contribution in [2.75, 3.05) is 57.1 Å². The molecule has 0 bridgehead atoms. The zero-order valence-corrected chi connectivity index (χ0v) is 37.3. The maximum absolute atomic E-state index is 5.87. The highest BCUT2D eigenvalue weighted by atomic mass is 16.5. The molecule has 3 N–H and O–H groups in total. The summed E-state index contributed by atoms with van der Waals surface area (Å²) >= 11 is 0. The van der Waals surface area contributed by atoms with Gasteiger partial charge in [-0.3, -0.25) is 19.3 Å². The van der Waals surface area contributed by atoms with Crippen molar-refractivity contribution in [3.8, 4) is 22.3 Å². The molecule has 10 heterocycles. The van der Waals surface area contributed by atoms with Crippen LogP contribution in [0, 0.1) is 0 Å². The van der Waals surface area contributed by atoms with E-state index in [1.54, 1.807) is 12.4 Å². The van der Waals surface area contributed by atoms with Crippen LogP contribution in [0.5, 0.6) is 0 Å². The topological polar surface area (TPSA) is 197 Å². The van der Waals surface area contributed by atoms with Crippen LogP contribution in [-0.2, 0) is 22.6 Å². The van der Waals surface area contributed by atoms with Crippen LogP contribution in [0.1, 0.15) is 50.7 Å². The summed E-state index contributed by atoms with van der Waals surface area (Å²) in [6.07, 6.45) is 15.7. The predicted octanol–water partition coefficient (Wildman–Crippen LogP) is 6.62. The number of hydrogen-bond donors (Lipinski definition) is 3. The zero-order chi connectivity index (χ0) is 44.7. The van der Waals surface area contributed by atoms with E-state index in [0.717, 1.165) is 94.7 Å². The number of anilines is 4. The lowest BCUT2D eigenvalue weighted by molar-refractivity contribution is -0.0461. The summed E-state index contributed by atoms with van der Waals surface area (Å²) in [4.78, 5) is 20.9. The molecular formula is C47H54N16O2. The van der Waals surface area contributed by atoms with Crippen LogP contribution >= 0.6 is 0 Å². The molecule has 2 saturated heterocycles. The van der Waals surface area contributed by atoms with Crippen LogP contribution in [0.4, 0.5) is 23.3 Å². The highest BCUT2D eigenvalue weighted by Gasteiger charge is 2.23. The predicted molar refractivity (Wildman–Crippen MR) is 250 cm³/mol. The van der Waals surface area contributed by atoms with Gasteiger partial charge in [-0.2, -0.15) is 20.4 Å². The third-order valence-corrected chi connectivity index (χ3v) is 11.3. The highest BCUT2D eigenvalue weighted by molar-refractivity contribution is 5.83. The quantitative estimate of drug-likeness (QED) is 0.0936. The van der Waals surface area contributed by atoms with Crippen molar-refractivity contribution < 1.29 is 9.47 Å². The second kappa shape index (κ2) is 19.9. The molecule has 65 heavy (non-hydrogen) atoms. The largest absolute Gasteiger partial charge is 0.374 e. The van der Waals surface area contributed by atoms with Crippen molar-refractivity contribution in [1.29, 1.82) is 0 Å². The van der Waals surface area contributed by atoms with E-state index in [9.17, 15) is 0 Å². The Morgan fingerprint density at radius 3 is 1.52 bits per heavy atom. The monoisotopic (exact) mass is 874 g/mol. The maximum atomic E-state index is 5.87. The Hall–Kier alpha value is -6.86. The molecule has 2 aliphatic heterocycles. The normalized spacial score (nSPS) is 14.4. The molecule has 18 nitrogen and oxygen atoms in total. The Morgan fingerprint density at radius 1 is 0.585 bits per heavy atom. The molecule has 8 aromatic heterocycles. The molecule has 0 radical (unpaired) electrons. The zero-order valence-electron chi connectivity index (χ0n) is 37.3. The molecule has 0 unspecified atom stereocenters. The van der Waals surface area contributed by atoms with E-state index in [1.165, 1.54) is 0 Å². The van der Waals surface area contributed by atoms with Crippen molar-refractivity contribution in [2.24, 2.45) is 0 Å². The van der Waals surface area contributed by atoms with E-state index in [1.807, 2.05) is 95.1 Å². The Kier molecular flexibility index (Phi) is 13.3. The van der Waals surface area contributed by atoms with Gasteiger partial charge in [0, 0.05) is 73.2 Å². The number of likely N-dealkylation sites (tertiary alicyclic amines) is 1. The van der Waals surface area contributed by atoms with E-state index in [4.69, 9.17) is 19.4 Å². The van der Waals surface area contributed by atoms with Crippen molar-refractivity contribution >= 4 is 45.3 Å². The first-order chi connectivity index (χ1) is 31.7. The summed E-state index contributed by atoms with van der Waals surface area (Å²) in [5.74, 6) is 3.51. The molecule has 0 saturated carbocycles. The van der Waals surface area contributed by atoms with Gasteiger partial charge in [-0.05, 0) is 78.5 Å². The molecule has 0 amide bonds. The van der Waals surface area contributed by atoms with E-state index >= 15 is 0 Å². The van der Waals surface area contributed by atoms with Gasteiger partial charge in [0.15, 0.2) is 11.6 Å². The molecule has 0 aromatic carbocycles. The smallest absolute Gasteiger partial charge is 0.154 e. The number of aromatic nitrogens is 12. The average molecular weight is 875 g/mol. The molecule has 0 atom stereocenters. The van der Waals surface area contributed by atoms with E-state index in [-0.39, 0.29) is 0 Å². The minimum absolute atomic E-state index is 0.336. The first-order valence-electron chi connectivity index (χ1n) is 22.1. The summed E-state index contributed by atoms with van der Waals surface area (Å²) in [5, 5.41) is 35.2. The maximum Gasteiger partial charge on any atom is 0.154 e. The number of ether oxygens (including phenoxy) is 2. The van der Waals surface area contributed by atoms with Gasteiger partial charge < -0.3 is 30.3 Å². The third-order valence-electron chi connectivity index (χ3n) is 11.3. The fourth-order valence-corrected chi connectivity index (χ4v) is 7.27. The standard InChI is InChI=1S/C24H28N8O.C23H26N8O/c1-16(2)17-9-24(30-26-11-17)29-23-5-4-21-22(28-23)8-18(10-25-21)19-12-27-32(13-19)6-7-33-20-14-31(3)15-20;1-15(2)16-8-23(30-26-10-16)29-22-4-3-20-21(28-22)7-17(9-25-20)18-11-27-31(14-18)5-6-32-19-12-24-13-19/h4-5,8-13,16,20H,6-7,14-15H2,1-3H3,(H,28,29,30);3-4,7-11,14-15,19,24H,5-6,12-13H2,1-2H3,(H,28,29,30). The second-order valence-electron chi connectivity index (χ2n) is 17.1. The average Bonchev–Trinajstić information content (AvgIpc) is 3.97. The summed E-state index contributed by atoms with van der Waals surface area (Å²) in [6, 6.07) is 15.8. The molecule has 334 valence electrons. The minimum Gasteiger partial charge on any atom is -0.374 e. The fourth-order valence-electron chi connectivity index (χ4n) is 7.27. The Morgan fingerprint density at radius 2 is 1.08 bits per heavy atom. The number of pyridine rings is 4. The van der Waals surface area contributed by atoms with E-state index in [0.29, 0.717) is 60.5 Å². The van der Waals surface area contributed by atoms with Crippen molar-refractivity contribution in [3.63, 3.8) is 0 Å². The van der Waals surface area contributed by atoms with Crippen LogP contribution < -0.4 is 16.0 Å². The van der Waals surface area contributed by atoms with Crippen LogP contribution in [0.15, 0.2) is 98.1 Å². The van der Waals surface area contributed by atoms with Gasteiger partial charge in [0.2, 0.25) is 0 Å². The lowest BCUT2D eigenvalue weighted by atomic mass is 10.1. The van der Waals surface area contributed by atoms with Gasteiger partial charge in [-0.1, -0.05) is 27.7 Å². The molecular weight excluding hydrogens is 821 g/mol. The Bertz CT molecular complexity index is 2850. The second-order valence-corrected chi connectivity index (χ2v) is 17.1. The number of likely N-dealkylation sites (N-methyl/N-ethyl adjacent to an activating group) is 1. The molecule has 18 heteroatoms. The summed E-state index contributed by atoms with van der Waals surface area (Å²) in [6.45, 7) is 15.2. The Balaban J connectivity index is 0.000000164. The van der Waals surface area contributed by atoms with E-state index < -0.39 is 0 Å². The first-order valence-corrected chi connectivity index (χ1v) is 22.1. The Labute approximate surface area is 377 Å². The molecule has 2 aliphatic rings. The fraction of sp³-hybridized carbons (Fsp3) is 0.362. The summed E-state index contributed by atoms with van der Waals surface area (Å²) in [5.41, 5.74) is 9.46. The van der Waals surface area contributed by atoms with E-state index in [2.05, 4.69) is 96.2 Å². The highest BCUT2D eigenvalue weighted by Crippen LogP contribution is 2.26. The lowest BCUT2D eigenvalue weighted by Gasteiger charge is -2.35. The van der Waals surface area contributed by atoms with Crippen LogP contribution in [0.25, 0.3) is 44.3 Å². The number of nitrogens with one attached hydrogen (secondary N) is 3. The molecule has 2 fully saturated rings. The number of hydrogen-bond acceptors (Lipinski definition) is 16. The van der Waals surface area contributed by atoms with Gasteiger partial charge in [-0.15, -0.1) is 10.2 Å². The lowest BCUT2D eigenvalue weighted by Crippen LogP contribution is -2.49. The SMILES string of the molecule is CC(C)c1cnnc(Nc2ccc3ncc(-c4cnn(CCOC5CN(C)C5)c4)cc3n2)c1.CC(C)c1cnnc(Nc2ccc3ncc(-c4cnn(CCOC5CNC5)c4)cc3n2)c1. The summed E-state index contributed by atoms with van der Waals surface area (Å²) in [7, 11) is 2.10. The summed E-state index contributed by atoms with van der Waals surface area (Å²) < 4.78 is 15.5. The van der Waals surface area contributed by atoms with Gasteiger partial charge in [0.25, 0.3) is 0 Å². The van der Waals surface area contributed by atoms with Crippen LogP contribution in [-0.4, -0.2) is 123 Å².